The van der Waals surface area contributed by atoms with Crippen molar-refractivity contribution in [2.45, 2.75) is 13.8 Å². The molecule has 0 aliphatic rings. The van der Waals surface area contributed by atoms with Crippen LogP contribution < -0.4 is 5.32 Å². The summed E-state index contributed by atoms with van der Waals surface area (Å²) in [6.45, 7) is 6.16. The molecule has 1 aromatic heterocycles. The van der Waals surface area contributed by atoms with Crippen LogP contribution in [0.5, 0.6) is 0 Å². The summed E-state index contributed by atoms with van der Waals surface area (Å²) < 4.78 is 0. The molecule has 0 aliphatic carbocycles. The van der Waals surface area contributed by atoms with Gasteiger partial charge in [0.15, 0.2) is 0 Å². The zero-order chi connectivity index (χ0) is 10.6. The molecule has 0 saturated heterocycles. The van der Waals surface area contributed by atoms with Gasteiger partial charge in [0.1, 0.15) is 5.82 Å². The minimum Gasteiger partial charge on any atom is -0.369 e. The SMILES string of the molecule is Cc1ccnc(NCCN(C)C)c1C. The Morgan fingerprint density at radius 3 is 2.71 bits per heavy atom. The number of likely N-dealkylation sites (N-methyl/N-ethyl adjacent to an activating group) is 1. The van der Waals surface area contributed by atoms with Crippen molar-refractivity contribution in [2.75, 3.05) is 32.5 Å². The molecule has 3 nitrogen and oxygen atoms in total. The predicted molar refractivity (Wildman–Crippen MR) is 60.8 cm³/mol. The van der Waals surface area contributed by atoms with Gasteiger partial charge in [-0.15, -0.1) is 0 Å². The molecule has 0 aromatic carbocycles. The standard InChI is InChI=1S/C11H19N3/c1-9-5-6-12-11(10(9)2)13-7-8-14(3)4/h5-6H,7-8H2,1-4H3,(H,12,13). The number of hydrogen-bond acceptors (Lipinski definition) is 3. The van der Waals surface area contributed by atoms with Gasteiger partial charge in [-0.3, -0.25) is 0 Å². The molecule has 0 radical (unpaired) electrons. The van der Waals surface area contributed by atoms with Gasteiger partial charge in [-0.25, -0.2) is 4.98 Å². The molecule has 0 unspecified atom stereocenters. The van der Waals surface area contributed by atoms with Gasteiger partial charge < -0.3 is 10.2 Å². The summed E-state index contributed by atoms with van der Waals surface area (Å²) in [6, 6.07) is 2.03. The van der Waals surface area contributed by atoms with E-state index in [4.69, 9.17) is 0 Å². The third-order valence-electron chi connectivity index (χ3n) is 2.33. The Labute approximate surface area is 86.2 Å². The second-order valence-corrected chi connectivity index (χ2v) is 3.83. The Kier molecular flexibility index (Phi) is 3.89. The number of hydrogen-bond donors (Lipinski definition) is 1. The molecular formula is C11H19N3. The Balaban J connectivity index is 2.54. The van der Waals surface area contributed by atoms with E-state index in [1.807, 2.05) is 12.3 Å². The van der Waals surface area contributed by atoms with E-state index in [1.54, 1.807) is 0 Å². The number of nitrogens with one attached hydrogen (secondary N) is 1. The van der Waals surface area contributed by atoms with Crippen LogP contribution >= 0.6 is 0 Å². The average molecular weight is 193 g/mol. The molecule has 3 heteroatoms. The predicted octanol–water partition coefficient (Wildman–Crippen LogP) is 1.67. The fraction of sp³-hybridized carbons (Fsp3) is 0.545. The molecule has 1 rings (SSSR count). The van der Waals surface area contributed by atoms with Crippen LogP contribution in [0.4, 0.5) is 5.82 Å². The summed E-state index contributed by atoms with van der Waals surface area (Å²) in [5.74, 6) is 1.01. The van der Waals surface area contributed by atoms with E-state index in [0.717, 1.165) is 18.9 Å². The number of anilines is 1. The molecule has 1 heterocycles. The smallest absolute Gasteiger partial charge is 0.129 e. The Hall–Kier alpha value is -1.09. The minimum absolute atomic E-state index is 0.935. The lowest BCUT2D eigenvalue weighted by Crippen LogP contribution is -2.21. The van der Waals surface area contributed by atoms with Crippen LogP contribution in [0.25, 0.3) is 0 Å². The highest BCUT2D eigenvalue weighted by Crippen LogP contribution is 2.13. The lowest BCUT2D eigenvalue weighted by molar-refractivity contribution is 0.425. The third kappa shape index (κ3) is 3.00. The number of rotatable bonds is 4. The first kappa shape index (κ1) is 11.0. The largest absolute Gasteiger partial charge is 0.369 e. The normalized spacial score (nSPS) is 10.6. The minimum atomic E-state index is 0.935. The first-order valence-corrected chi connectivity index (χ1v) is 4.92. The van der Waals surface area contributed by atoms with E-state index in [1.165, 1.54) is 11.1 Å². The summed E-state index contributed by atoms with van der Waals surface area (Å²) in [5, 5.41) is 3.33. The second kappa shape index (κ2) is 4.96. The quantitative estimate of drug-likeness (QED) is 0.788. The van der Waals surface area contributed by atoms with Crippen LogP contribution in [0.15, 0.2) is 12.3 Å². The fourth-order valence-corrected chi connectivity index (χ4v) is 1.21. The number of nitrogens with zero attached hydrogens (tertiary/aromatic N) is 2. The Morgan fingerprint density at radius 1 is 1.36 bits per heavy atom. The second-order valence-electron chi connectivity index (χ2n) is 3.83. The summed E-state index contributed by atoms with van der Waals surface area (Å²) in [7, 11) is 4.14. The molecule has 1 N–H and O–H groups in total. The molecular weight excluding hydrogens is 174 g/mol. The summed E-state index contributed by atoms with van der Waals surface area (Å²) >= 11 is 0. The van der Waals surface area contributed by atoms with Crippen molar-refractivity contribution >= 4 is 5.82 Å². The topological polar surface area (TPSA) is 28.2 Å². The maximum absolute atomic E-state index is 4.31. The number of aryl methyl sites for hydroxylation is 1. The molecule has 0 aliphatic heterocycles. The average Bonchev–Trinajstić information content (AvgIpc) is 2.12. The highest BCUT2D eigenvalue weighted by atomic mass is 15.1. The van der Waals surface area contributed by atoms with Crippen LogP contribution in [0.1, 0.15) is 11.1 Å². The lowest BCUT2D eigenvalue weighted by Gasteiger charge is -2.13. The van der Waals surface area contributed by atoms with Crippen molar-refractivity contribution in [2.24, 2.45) is 0 Å². The van der Waals surface area contributed by atoms with Crippen molar-refractivity contribution in [3.05, 3.63) is 23.4 Å². The number of aromatic nitrogens is 1. The van der Waals surface area contributed by atoms with Gasteiger partial charge >= 0.3 is 0 Å². The van der Waals surface area contributed by atoms with Crippen LogP contribution in [-0.4, -0.2) is 37.1 Å². The van der Waals surface area contributed by atoms with Gasteiger partial charge in [0.2, 0.25) is 0 Å². The highest BCUT2D eigenvalue weighted by Gasteiger charge is 2.00. The van der Waals surface area contributed by atoms with Crippen LogP contribution in [0, 0.1) is 13.8 Å². The fourth-order valence-electron chi connectivity index (χ4n) is 1.21. The summed E-state index contributed by atoms with van der Waals surface area (Å²) in [4.78, 5) is 6.46. The van der Waals surface area contributed by atoms with Crippen molar-refractivity contribution in [1.82, 2.24) is 9.88 Å². The monoisotopic (exact) mass is 193 g/mol. The van der Waals surface area contributed by atoms with Gasteiger partial charge in [-0.2, -0.15) is 0 Å². The molecule has 0 fully saturated rings. The van der Waals surface area contributed by atoms with Gasteiger partial charge in [0.05, 0.1) is 0 Å². The van der Waals surface area contributed by atoms with Crippen molar-refractivity contribution in [3.63, 3.8) is 0 Å². The van der Waals surface area contributed by atoms with Gasteiger partial charge in [-0.1, -0.05) is 0 Å². The van der Waals surface area contributed by atoms with Crippen molar-refractivity contribution in [1.29, 1.82) is 0 Å². The van der Waals surface area contributed by atoms with Gasteiger partial charge in [0, 0.05) is 19.3 Å². The number of pyridine rings is 1. The molecule has 0 spiro atoms. The third-order valence-corrected chi connectivity index (χ3v) is 2.33. The molecule has 1 aromatic rings. The molecule has 78 valence electrons. The Bertz CT molecular complexity index is 295. The van der Waals surface area contributed by atoms with E-state index in [0.29, 0.717) is 0 Å². The van der Waals surface area contributed by atoms with E-state index in [2.05, 4.69) is 43.1 Å². The molecule has 14 heavy (non-hydrogen) atoms. The van der Waals surface area contributed by atoms with E-state index in [9.17, 15) is 0 Å². The van der Waals surface area contributed by atoms with E-state index in [-0.39, 0.29) is 0 Å². The van der Waals surface area contributed by atoms with Crippen LogP contribution in [-0.2, 0) is 0 Å². The van der Waals surface area contributed by atoms with Gasteiger partial charge in [0.25, 0.3) is 0 Å². The van der Waals surface area contributed by atoms with Gasteiger partial charge in [-0.05, 0) is 45.1 Å². The van der Waals surface area contributed by atoms with Crippen LogP contribution in [0.2, 0.25) is 0 Å². The van der Waals surface area contributed by atoms with E-state index < -0.39 is 0 Å². The zero-order valence-electron chi connectivity index (χ0n) is 9.46. The lowest BCUT2D eigenvalue weighted by atomic mass is 10.2. The van der Waals surface area contributed by atoms with Crippen molar-refractivity contribution in [3.8, 4) is 0 Å². The molecule has 0 bridgehead atoms. The first-order chi connectivity index (χ1) is 6.61. The van der Waals surface area contributed by atoms with Crippen LogP contribution in [0.3, 0.4) is 0 Å². The molecule has 0 amide bonds. The zero-order valence-corrected chi connectivity index (χ0v) is 9.46. The highest BCUT2D eigenvalue weighted by molar-refractivity contribution is 5.46. The van der Waals surface area contributed by atoms with Crippen molar-refractivity contribution < 1.29 is 0 Å². The Morgan fingerprint density at radius 2 is 2.07 bits per heavy atom. The van der Waals surface area contributed by atoms with E-state index >= 15 is 0 Å². The first-order valence-electron chi connectivity index (χ1n) is 4.92. The molecule has 0 saturated carbocycles. The summed E-state index contributed by atoms with van der Waals surface area (Å²) in [6.07, 6.45) is 1.85. The maximum Gasteiger partial charge on any atom is 0.129 e. The molecule has 0 atom stereocenters. The summed E-state index contributed by atoms with van der Waals surface area (Å²) in [5.41, 5.74) is 2.53. The maximum atomic E-state index is 4.31.